The van der Waals surface area contributed by atoms with E-state index >= 15 is 0 Å². The summed E-state index contributed by atoms with van der Waals surface area (Å²) in [6, 6.07) is 6.35. The predicted octanol–water partition coefficient (Wildman–Crippen LogP) is 3.42. The molecular weight excluding hydrogens is 281 g/mol. The molecule has 0 bridgehead atoms. The van der Waals surface area contributed by atoms with Crippen molar-refractivity contribution < 1.29 is 4.39 Å². The monoisotopic (exact) mass is 295 g/mol. The maximum absolute atomic E-state index is 13.8. The van der Waals surface area contributed by atoms with Gasteiger partial charge in [0.25, 0.3) is 0 Å². The quantitative estimate of drug-likeness (QED) is 0.788. The zero-order chi connectivity index (χ0) is 14.5. The van der Waals surface area contributed by atoms with E-state index in [1.165, 1.54) is 6.07 Å². The minimum atomic E-state index is -0.533. The number of anilines is 4. The first kappa shape index (κ1) is 14.3. The minimum Gasteiger partial charge on any atom is -0.370 e. The number of nitrogens with zero attached hydrogens (tertiary/aromatic N) is 2. The fraction of sp³-hybridized carbons (Fsp3) is 0.231. The Hall–Kier alpha value is -2.08. The summed E-state index contributed by atoms with van der Waals surface area (Å²) in [7, 11) is 0. The number of nitrogens with one attached hydrogen (secondary N) is 2. The van der Waals surface area contributed by atoms with E-state index < -0.39 is 5.82 Å². The average molecular weight is 296 g/mol. The lowest BCUT2D eigenvalue weighted by molar-refractivity contribution is 0.632. The first-order valence-corrected chi connectivity index (χ1v) is 6.57. The van der Waals surface area contributed by atoms with Gasteiger partial charge in [-0.3, -0.25) is 0 Å². The molecule has 0 aliphatic heterocycles. The molecule has 0 saturated heterocycles. The fourth-order valence-electron chi connectivity index (χ4n) is 1.61. The van der Waals surface area contributed by atoms with Gasteiger partial charge < -0.3 is 16.4 Å². The van der Waals surface area contributed by atoms with E-state index in [-0.39, 0.29) is 16.7 Å². The summed E-state index contributed by atoms with van der Waals surface area (Å²) in [4.78, 5) is 8.06. The van der Waals surface area contributed by atoms with Crippen LogP contribution in [-0.2, 0) is 0 Å². The predicted molar refractivity (Wildman–Crippen MR) is 79.9 cm³/mol. The molecular formula is C13H15ClFN5. The first-order chi connectivity index (χ1) is 9.60. The van der Waals surface area contributed by atoms with Gasteiger partial charge in [-0.25, -0.2) is 4.39 Å². The second-order valence-electron chi connectivity index (χ2n) is 4.15. The highest BCUT2D eigenvalue weighted by atomic mass is 35.5. The topological polar surface area (TPSA) is 75.9 Å². The maximum Gasteiger partial charge on any atom is 0.223 e. The standard InChI is InChI=1S/C13H15ClFN5/c1-2-6-17-10-7-11(20-13(16)19-10)18-9-5-3-4-8(14)12(9)15/h3-5,7H,2,6H2,1H3,(H4,16,17,18,19,20). The molecule has 5 nitrogen and oxygen atoms in total. The largest absolute Gasteiger partial charge is 0.370 e. The Labute approximate surface area is 121 Å². The number of nitrogen functional groups attached to an aromatic ring is 1. The van der Waals surface area contributed by atoms with Gasteiger partial charge in [-0.2, -0.15) is 9.97 Å². The van der Waals surface area contributed by atoms with Crippen LogP contribution in [0.15, 0.2) is 24.3 Å². The molecule has 0 aliphatic rings. The molecule has 0 saturated carbocycles. The molecule has 1 aromatic heterocycles. The van der Waals surface area contributed by atoms with Gasteiger partial charge in [0, 0.05) is 12.6 Å². The number of aromatic nitrogens is 2. The van der Waals surface area contributed by atoms with E-state index in [1.807, 2.05) is 6.92 Å². The van der Waals surface area contributed by atoms with Gasteiger partial charge >= 0.3 is 0 Å². The zero-order valence-corrected chi connectivity index (χ0v) is 11.7. The smallest absolute Gasteiger partial charge is 0.223 e. The molecule has 106 valence electrons. The van der Waals surface area contributed by atoms with Crippen molar-refractivity contribution in [3.8, 4) is 0 Å². The summed E-state index contributed by atoms with van der Waals surface area (Å²) >= 11 is 5.73. The highest BCUT2D eigenvalue weighted by molar-refractivity contribution is 6.31. The molecule has 4 N–H and O–H groups in total. The van der Waals surface area contributed by atoms with Crippen molar-refractivity contribution in [2.24, 2.45) is 0 Å². The van der Waals surface area contributed by atoms with Crippen molar-refractivity contribution in [2.45, 2.75) is 13.3 Å². The Balaban J connectivity index is 2.24. The maximum atomic E-state index is 13.8. The van der Waals surface area contributed by atoms with Crippen molar-refractivity contribution in [2.75, 3.05) is 22.9 Å². The van der Waals surface area contributed by atoms with Crippen LogP contribution in [0, 0.1) is 5.82 Å². The van der Waals surface area contributed by atoms with E-state index in [9.17, 15) is 4.39 Å². The SMILES string of the molecule is CCCNc1cc(Nc2cccc(Cl)c2F)nc(N)n1. The van der Waals surface area contributed by atoms with E-state index in [2.05, 4.69) is 20.6 Å². The summed E-state index contributed by atoms with van der Waals surface area (Å²) < 4.78 is 13.8. The zero-order valence-electron chi connectivity index (χ0n) is 11.0. The van der Waals surface area contributed by atoms with E-state index in [1.54, 1.807) is 18.2 Å². The molecule has 1 aromatic carbocycles. The number of rotatable bonds is 5. The molecule has 20 heavy (non-hydrogen) atoms. The van der Waals surface area contributed by atoms with Gasteiger partial charge in [-0.15, -0.1) is 0 Å². The molecule has 0 radical (unpaired) electrons. The molecule has 1 heterocycles. The highest BCUT2D eigenvalue weighted by Crippen LogP contribution is 2.25. The summed E-state index contributed by atoms with van der Waals surface area (Å²) in [5.41, 5.74) is 5.86. The van der Waals surface area contributed by atoms with Crippen LogP contribution in [0.2, 0.25) is 5.02 Å². The third-order valence-electron chi connectivity index (χ3n) is 2.51. The van der Waals surface area contributed by atoms with Crippen LogP contribution in [0.4, 0.5) is 27.7 Å². The van der Waals surface area contributed by atoms with Crippen LogP contribution in [0.5, 0.6) is 0 Å². The lowest BCUT2D eigenvalue weighted by Gasteiger charge is -2.10. The van der Waals surface area contributed by atoms with E-state index in [4.69, 9.17) is 17.3 Å². The molecule has 0 spiro atoms. The van der Waals surface area contributed by atoms with Gasteiger partial charge in [0.05, 0.1) is 10.7 Å². The van der Waals surface area contributed by atoms with Crippen molar-refractivity contribution in [1.82, 2.24) is 9.97 Å². The molecule has 7 heteroatoms. The molecule has 0 atom stereocenters. The normalized spacial score (nSPS) is 10.3. The lowest BCUT2D eigenvalue weighted by atomic mass is 10.3. The number of halogens is 2. The van der Waals surface area contributed by atoms with E-state index in [0.717, 1.165) is 13.0 Å². The molecule has 0 amide bonds. The Morgan fingerprint density at radius 2 is 2.05 bits per heavy atom. The number of hydrogen-bond donors (Lipinski definition) is 3. The molecule has 2 aromatic rings. The van der Waals surface area contributed by atoms with Crippen molar-refractivity contribution in [1.29, 1.82) is 0 Å². The van der Waals surface area contributed by atoms with Gasteiger partial charge in [0.15, 0.2) is 5.82 Å². The second kappa shape index (κ2) is 6.38. The van der Waals surface area contributed by atoms with Crippen molar-refractivity contribution in [3.63, 3.8) is 0 Å². The van der Waals surface area contributed by atoms with Gasteiger partial charge in [-0.1, -0.05) is 24.6 Å². The minimum absolute atomic E-state index is 0.0429. The summed E-state index contributed by atoms with van der Waals surface area (Å²) in [6.45, 7) is 2.81. The number of nitrogens with two attached hydrogens (primary N) is 1. The molecule has 0 aliphatic carbocycles. The highest BCUT2D eigenvalue weighted by Gasteiger charge is 2.08. The van der Waals surface area contributed by atoms with Gasteiger partial charge in [-0.05, 0) is 18.6 Å². The third kappa shape index (κ3) is 3.48. The van der Waals surface area contributed by atoms with Crippen LogP contribution in [-0.4, -0.2) is 16.5 Å². The van der Waals surface area contributed by atoms with Crippen molar-refractivity contribution in [3.05, 3.63) is 35.1 Å². The Morgan fingerprint density at radius 1 is 1.30 bits per heavy atom. The molecule has 2 rings (SSSR count). The summed E-state index contributed by atoms with van der Waals surface area (Å²) in [5, 5.41) is 5.98. The van der Waals surface area contributed by atoms with Crippen molar-refractivity contribution >= 4 is 34.9 Å². The molecule has 0 fully saturated rings. The Morgan fingerprint density at radius 3 is 2.80 bits per heavy atom. The van der Waals surface area contributed by atoms with E-state index in [0.29, 0.717) is 11.6 Å². The van der Waals surface area contributed by atoms with Gasteiger partial charge in [0.1, 0.15) is 11.6 Å². The average Bonchev–Trinajstić information content (AvgIpc) is 2.41. The van der Waals surface area contributed by atoms with Crippen LogP contribution < -0.4 is 16.4 Å². The van der Waals surface area contributed by atoms with Crippen LogP contribution in [0.1, 0.15) is 13.3 Å². The Bertz CT molecular complexity index is 605. The summed E-state index contributed by atoms with van der Waals surface area (Å²) in [6.07, 6.45) is 0.954. The number of benzene rings is 1. The van der Waals surface area contributed by atoms with Crippen LogP contribution in [0.3, 0.4) is 0 Å². The second-order valence-corrected chi connectivity index (χ2v) is 4.56. The molecule has 0 unspecified atom stereocenters. The van der Waals surface area contributed by atoms with Crippen LogP contribution >= 0.6 is 11.6 Å². The summed E-state index contributed by atoms with van der Waals surface area (Å²) in [5.74, 6) is 0.562. The fourth-order valence-corrected chi connectivity index (χ4v) is 1.79. The number of hydrogen-bond acceptors (Lipinski definition) is 5. The lowest BCUT2D eigenvalue weighted by Crippen LogP contribution is -2.07. The van der Waals surface area contributed by atoms with Crippen LogP contribution in [0.25, 0.3) is 0 Å². The first-order valence-electron chi connectivity index (χ1n) is 6.19. The Kier molecular flexibility index (Phi) is 4.57. The third-order valence-corrected chi connectivity index (χ3v) is 2.81. The van der Waals surface area contributed by atoms with Gasteiger partial charge in [0.2, 0.25) is 5.95 Å².